The van der Waals surface area contributed by atoms with Gasteiger partial charge in [0.05, 0.1) is 18.8 Å². The number of aryl methyl sites for hydroxylation is 1. The summed E-state index contributed by atoms with van der Waals surface area (Å²) in [5.74, 6) is 0.469. The van der Waals surface area contributed by atoms with E-state index in [1.54, 1.807) is 23.2 Å². The van der Waals surface area contributed by atoms with Crippen molar-refractivity contribution in [2.75, 3.05) is 24.7 Å². The van der Waals surface area contributed by atoms with Gasteiger partial charge in [-0.25, -0.2) is 4.98 Å². The summed E-state index contributed by atoms with van der Waals surface area (Å²) in [5, 5.41) is 0. The number of hydrogen-bond acceptors (Lipinski definition) is 4. The minimum atomic E-state index is -0.0601. The minimum absolute atomic E-state index is 0.0539. The molecule has 0 bridgehead atoms. The highest BCUT2D eigenvalue weighted by atomic mass is 16.5. The molecule has 0 radical (unpaired) electrons. The predicted molar refractivity (Wildman–Crippen MR) is 92.6 cm³/mol. The van der Waals surface area contributed by atoms with Gasteiger partial charge in [-0.3, -0.25) is 4.79 Å². The van der Waals surface area contributed by atoms with E-state index in [1.165, 1.54) is 0 Å². The van der Waals surface area contributed by atoms with E-state index in [-0.39, 0.29) is 12.0 Å². The van der Waals surface area contributed by atoms with Gasteiger partial charge in [-0.05, 0) is 31.5 Å². The Kier molecular flexibility index (Phi) is 5.11. The van der Waals surface area contributed by atoms with Crippen LogP contribution in [-0.4, -0.2) is 36.8 Å². The lowest BCUT2D eigenvalue weighted by Crippen LogP contribution is -2.31. The topological polar surface area (TPSA) is 51.7 Å². The van der Waals surface area contributed by atoms with Crippen LogP contribution in [0.4, 0.5) is 5.69 Å². The summed E-state index contributed by atoms with van der Waals surface area (Å²) in [7, 11) is 0. The van der Waals surface area contributed by atoms with E-state index in [9.17, 15) is 4.79 Å². The lowest BCUT2D eigenvalue weighted by Gasteiger charge is -2.23. The van der Waals surface area contributed by atoms with E-state index < -0.39 is 0 Å². The van der Waals surface area contributed by atoms with Crippen molar-refractivity contribution in [3.05, 3.63) is 53.7 Å². The number of amides is 1. The third kappa shape index (κ3) is 3.57. The molecule has 1 aromatic heterocycles. The van der Waals surface area contributed by atoms with Gasteiger partial charge in [0.15, 0.2) is 0 Å². The second-order valence-corrected chi connectivity index (χ2v) is 5.82. The van der Waals surface area contributed by atoms with E-state index in [0.717, 1.165) is 24.3 Å². The van der Waals surface area contributed by atoms with E-state index in [4.69, 9.17) is 9.47 Å². The molecule has 5 nitrogen and oxygen atoms in total. The number of rotatable bonds is 5. The maximum absolute atomic E-state index is 12.8. The van der Waals surface area contributed by atoms with Crippen LogP contribution >= 0.6 is 0 Å². The monoisotopic (exact) mass is 326 g/mol. The van der Waals surface area contributed by atoms with E-state index in [2.05, 4.69) is 4.98 Å². The van der Waals surface area contributed by atoms with Crippen molar-refractivity contribution in [2.45, 2.75) is 26.4 Å². The zero-order chi connectivity index (χ0) is 16.9. The van der Waals surface area contributed by atoms with Gasteiger partial charge in [-0.15, -0.1) is 0 Å². The SMILES string of the molecule is CCN(C(=O)c1ccc(OC2CCOC2)nc1)c1ccccc1C. The molecule has 0 spiro atoms. The number of para-hydroxylation sites is 1. The first-order valence-corrected chi connectivity index (χ1v) is 8.27. The predicted octanol–water partition coefficient (Wildman–Crippen LogP) is 3.22. The molecule has 1 fully saturated rings. The Morgan fingerprint density at radius 2 is 2.17 bits per heavy atom. The summed E-state index contributed by atoms with van der Waals surface area (Å²) in [6.07, 6.45) is 2.51. The summed E-state index contributed by atoms with van der Waals surface area (Å²) in [5.41, 5.74) is 2.55. The highest BCUT2D eigenvalue weighted by Gasteiger charge is 2.20. The van der Waals surface area contributed by atoms with Gasteiger partial charge in [0.2, 0.25) is 5.88 Å². The van der Waals surface area contributed by atoms with Crippen LogP contribution in [0.3, 0.4) is 0 Å². The van der Waals surface area contributed by atoms with Crippen LogP contribution in [0.25, 0.3) is 0 Å². The Balaban J connectivity index is 1.74. The zero-order valence-electron chi connectivity index (χ0n) is 14.1. The van der Waals surface area contributed by atoms with Crippen LogP contribution < -0.4 is 9.64 Å². The lowest BCUT2D eigenvalue weighted by atomic mass is 10.1. The van der Waals surface area contributed by atoms with Crippen molar-refractivity contribution < 1.29 is 14.3 Å². The first kappa shape index (κ1) is 16.5. The fraction of sp³-hybridized carbons (Fsp3) is 0.368. The quantitative estimate of drug-likeness (QED) is 0.846. The molecule has 1 aliphatic rings. The number of aromatic nitrogens is 1. The van der Waals surface area contributed by atoms with Crippen LogP contribution in [0.15, 0.2) is 42.6 Å². The van der Waals surface area contributed by atoms with Crippen LogP contribution in [-0.2, 0) is 4.74 Å². The number of pyridine rings is 1. The van der Waals surface area contributed by atoms with Crippen molar-refractivity contribution in [1.29, 1.82) is 0 Å². The smallest absolute Gasteiger partial charge is 0.259 e. The molecule has 1 aliphatic heterocycles. The highest BCUT2D eigenvalue weighted by Crippen LogP contribution is 2.22. The summed E-state index contributed by atoms with van der Waals surface area (Å²) >= 11 is 0. The maximum atomic E-state index is 12.8. The Morgan fingerprint density at radius 1 is 1.33 bits per heavy atom. The molecule has 1 aromatic carbocycles. The van der Waals surface area contributed by atoms with Crippen LogP contribution in [0.5, 0.6) is 5.88 Å². The molecule has 5 heteroatoms. The normalized spacial score (nSPS) is 16.8. The van der Waals surface area contributed by atoms with Crippen molar-refractivity contribution in [2.24, 2.45) is 0 Å². The first-order chi connectivity index (χ1) is 11.7. The molecule has 126 valence electrons. The largest absolute Gasteiger partial charge is 0.472 e. The van der Waals surface area contributed by atoms with E-state index >= 15 is 0 Å². The zero-order valence-corrected chi connectivity index (χ0v) is 14.1. The number of nitrogens with zero attached hydrogens (tertiary/aromatic N) is 2. The van der Waals surface area contributed by atoms with Gasteiger partial charge in [0.25, 0.3) is 5.91 Å². The Bertz CT molecular complexity index is 694. The number of anilines is 1. The minimum Gasteiger partial charge on any atom is -0.472 e. The summed E-state index contributed by atoms with van der Waals surface area (Å²) in [6, 6.07) is 11.4. The van der Waals surface area contributed by atoms with Crippen molar-refractivity contribution >= 4 is 11.6 Å². The lowest BCUT2D eigenvalue weighted by molar-refractivity contribution is 0.0987. The highest BCUT2D eigenvalue weighted by molar-refractivity contribution is 6.06. The molecule has 3 rings (SSSR count). The molecule has 0 N–H and O–H groups in total. The van der Waals surface area contributed by atoms with Crippen LogP contribution in [0.2, 0.25) is 0 Å². The molecule has 1 atom stereocenters. The Morgan fingerprint density at radius 3 is 2.79 bits per heavy atom. The van der Waals surface area contributed by atoms with E-state index in [0.29, 0.717) is 24.6 Å². The molecular weight excluding hydrogens is 304 g/mol. The fourth-order valence-electron chi connectivity index (χ4n) is 2.80. The number of carbonyl (C=O) groups is 1. The average molecular weight is 326 g/mol. The molecular formula is C19H22N2O3. The second kappa shape index (κ2) is 7.45. The molecule has 24 heavy (non-hydrogen) atoms. The first-order valence-electron chi connectivity index (χ1n) is 8.27. The van der Waals surface area contributed by atoms with Crippen molar-refractivity contribution in [3.63, 3.8) is 0 Å². The molecule has 1 unspecified atom stereocenters. The van der Waals surface area contributed by atoms with Crippen LogP contribution in [0.1, 0.15) is 29.3 Å². The molecule has 1 saturated heterocycles. The average Bonchev–Trinajstić information content (AvgIpc) is 3.11. The molecule has 0 saturated carbocycles. The third-order valence-electron chi connectivity index (χ3n) is 4.13. The number of benzene rings is 1. The Hall–Kier alpha value is -2.40. The molecule has 0 aliphatic carbocycles. The number of carbonyl (C=O) groups excluding carboxylic acids is 1. The van der Waals surface area contributed by atoms with Gasteiger partial charge in [0, 0.05) is 30.9 Å². The van der Waals surface area contributed by atoms with Crippen molar-refractivity contribution in [1.82, 2.24) is 4.98 Å². The summed E-state index contributed by atoms with van der Waals surface area (Å²) < 4.78 is 11.0. The maximum Gasteiger partial charge on any atom is 0.259 e. The van der Waals surface area contributed by atoms with Gasteiger partial charge in [-0.1, -0.05) is 18.2 Å². The van der Waals surface area contributed by atoms with Gasteiger partial charge < -0.3 is 14.4 Å². The van der Waals surface area contributed by atoms with Crippen molar-refractivity contribution in [3.8, 4) is 5.88 Å². The molecule has 2 heterocycles. The number of hydrogen-bond donors (Lipinski definition) is 0. The summed E-state index contributed by atoms with van der Waals surface area (Å²) in [6.45, 7) is 5.89. The standard InChI is InChI=1S/C19H22N2O3/c1-3-21(17-7-5-4-6-14(17)2)19(22)15-8-9-18(20-12-15)24-16-10-11-23-13-16/h4-9,12,16H,3,10-11,13H2,1-2H3. The van der Waals surface area contributed by atoms with Crippen LogP contribution in [0, 0.1) is 6.92 Å². The van der Waals surface area contributed by atoms with Gasteiger partial charge in [-0.2, -0.15) is 0 Å². The van der Waals surface area contributed by atoms with Gasteiger partial charge >= 0.3 is 0 Å². The second-order valence-electron chi connectivity index (χ2n) is 5.82. The summed E-state index contributed by atoms with van der Waals surface area (Å²) in [4.78, 5) is 18.8. The molecule has 1 amide bonds. The Labute approximate surface area is 142 Å². The third-order valence-corrected chi connectivity index (χ3v) is 4.13. The molecule has 2 aromatic rings. The van der Waals surface area contributed by atoms with E-state index in [1.807, 2.05) is 38.1 Å². The van der Waals surface area contributed by atoms with Gasteiger partial charge in [0.1, 0.15) is 6.10 Å². The fourth-order valence-corrected chi connectivity index (χ4v) is 2.80. The number of ether oxygens (including phenoxy) is 2.